The molecular formula is C13H11N5O4. The summed E-state index contributed by atoms with van der Waals surface area (Å²) in [6.45, 7) is 0. The Morgan fingerprint density at radius 3 is 2.50 bits per heavy atom. The van der Waals surface area contributed by atoms with Crippen molar-refractivity contribution in [2.75, 3.05) is 0 Å². The molecule has 9 nitrogen and oxygen atoms in total. The van der Waals surface area contributed by atoms with E-state index in [0.29, 0.717) is 0 Å². The fourth-order valence-electron chi connectivity index (χ4n) is 2.35. The molecule has 2 aromatic heterocycles. The maximum Gasteiger partial charge on any atom is 0.332 e. The Morgan fingerprint density at radius 1 is 1.14 bits per heavy atom. The first kappa shape index (κ1) is 13.7. The number of rotatable bonds is 2. The summed E-state index contributed by atoms with van der Waals surface area (Å²) in [6, 6.07) is 6.02. The fraction of sp³-hybridized carbons (Fsp3) is 0.154. The highest BCUT2D eigenvalue weighted by Gasteiger charge is 2.20. The monoisotopic (exact) mass is 301 g/mol. The number of para-hydroxylation sites is 2. The largest absolute Gasteiger partial charge is 0.332 e. The minimum atomic E-state index is -0.561. The van der Waals surface area contributed by atoms with Gasteiger partial charge in [-0.15, -0.1) is 0 Å². The minimum Gasteiger partial charge on any atom is -0.286 e. The number of nitro benzene ring substituents is 1. The lowest BCUT2D eigenvalue weighted by molar-refractivity contribution is -0.384. The molecule has 0 spiro atoms. The van der Waals surface area contributed by atoms with Crippen LogP contribution in [0.15, 0.2) is 40.2 Å². The van der Waals surface area contributed by atoms with Crippen LogP contribution in [-0.4, -0.2) is 23.6 Å². The van der Waals surface area contributed by atoms with Crippen molar-refractivity contribution in [2.24, 2.45) is 14.1 Å². The molecule has 112 valence electrons. The van der Waals surface area contributed by atoms with Gasteiger partial charge in [-0.05, 0) is 6.07 Å². The van der Waals surface area contributed by atoms with E-state index in [0.717, 1.165) is 4.57 Å². The average Bonchev–Trinajstić information content (AvgIpc) is 2.95. The van der Waals surface area contributed by atoms with Crippen LogP contribution in [0.2, 0.25) is 0 Å². The van der Waals surface area contributed by atoms with Gasteiger partial charge in [0.15, 0.2) is 11.2 Å². The summed E-state index contributed by atoms with van der Waals surface area (Å²) in [5, 5.41) is 11.2. The van der Waals surface area contributed by atoms with Crippen molar-refractivity contribution < 1.29 is 4.92 Å². The summed E-state index contributed by atoms with van der Waals surface area (Å²) in [5.74, 6) is 0. The van der Waals surface area contributed by atoms with Crippen LogP contribution >= 0.6 is 0 Å². The molecule has 0 aliphatic carbocycles. The summed E-state index contributed by atoms with van der Waals surface area (Å²) in [4.78, 5) is 38.9. The van der Waals surface area contributed by atoms with E-state index in [-0.39, 0.29) is 22.5 Å². The zero-order chi connectivity index (χ0) is 16.0. The number of nitrogens with zero attached hydrogens (tertiary/aromatic N) is 5. The SMILES string of the molecule is Cn1c(=O)c2c(ncn2-c2ccccc2[N+](=O)[O-])n(C)c1=O. The topological polar surface area (TPSA) is 105 Å². The van der Waals surface area contributed by atoms with E-state index in [4.69, 9.17) is 0 Å². The smallest absolute Gasteiger partial charge is 0.286 e. The second-order valence-corrected chi connectivity index (χ2v) is 4.74. The van der Waals surface area contributed by atoms with E-state index in [1.807, 2.05) is 0 Å². The number of aromatic nitrogens is 4. The second-order valence-electron chi connectivity index (χ2n) is 4.74. The molecule has 0 fully saturated rings. The van der Waals surface area contributed by atoms with E-state index in [1.165, 1.54) is 47.8 Å². The van der Waals surface area contributed by atoms with Gasteiger partial charge in [-0.3, -0.25) is 28.6 Å². The highest BCUT2D eigenvalue weighted by molar-refractivity contribution is 5.74. The highest BCUT2D eigenvalue weighted by atomic mass is 16.6. The van der Waals surface area contributed by atoms with E-state index in [2.05, 4.69) is 4.98 Å². The summed E-state index contributed by atoms with van der Waals surface area (Å²) < 4.78 is 3.49. The second kappa shape index (κ2) is 4.65. The molecular weight excluding hydrogens is 290 g/mol. The first-order chi connectivity index (χ1) is 10.4. The van der Waals surface area contributed by atoms with Crippen molar-refractivity contribution in [3.63, 3.8) is 0 Å². The zero-order valence-corrected chi connectivity index (χ0v) is 11.8. The van der Waals surface area contributed by atoms with Crippen LogP contribution in [0.5, 0.6) is 0 Å². The number of nitro groups is 1. The predicted octanol–water partition coefficient (Wildman–Crippen LogP) is 0.331. The summed E-state index contributed by atoms with van der Waals surface area (Å²) in [7, 11) is 2.84. The molecule has 0 atom stereocenters. The molecule has 1 aromatic carbocycles. The molecule has 0 aliphatic rings. The third kappa shape index (κ3) is 1.75. The molecule has 22 heavy (non-hydrogen) atoms. The first-order valence-corrected chi connectivity index (χ1v) is 6.30. The van der Waals surface area contributed by atoms with Crippen LogP contribution in [0.25, 0.3) is 16.9 Å². The Labute approximate surface area is 122 Å². The molecule has 3 rings (SSSR count). The molecule has 0 saturated carbocycles. The minimum absolute atomic E-state index is 0.110. The molecule has 9 heteroatoms. The van der Waals surface area contributed by atoms with Crippen LogP contribution < -0.4 is 11.2 Å². The third-order valence-electron chi connectivity index (χ3n) is 3.48. The molecule has 0 unspecified atom stereocenters. The van der Waals surface area contributed by atoms with Gasteiger partial charge in [0.2, 0.25) is 0 Å². The van der Waals surface area contributed by atoms with Crippen molar-refractivity contribution >= 4 is 16.9 Å². The fourth-order valence-corrected chi connectivity index (χ4v) is 2.35. The highest BCUT2D eigenvalue weighted by Crippen LogP contribution is 2.24. The van der Waals surface area contributed by atoms with Gasteiger partial charge in [-0.2, -0.15) is 0 Å². The Morgan fingerprint density at radius 2 is 1.82 bits per heavy atom. The number of fused-ring (bicyclic) bond motifs is 1. The van der Waals surface area contributed by atoms with Crippen molar-refractivity contribution in [1.29, 1.82) is 0 Å². The number of hydrogen-bond acceptors (Lipinski definition) is 5. The molecule has 0 radical (unpaired) electrons. The van der Waals surface area contributed by atoms with Crippen LogP contribution in [0, 0.1) is 10.1 Å². The predicted molar refractivity (Wildman–Crippen MR) is 78.2 cm³/mol. The van der Waals surface area contributed by atoms with Crippen molar-refractivity contribution in [2.45, 2.75) is 0 Å². The molecule has 0 saturated heterocycles. The van der Waals surface area contributed by atoms with Crippen molar-refractivity contribution in [3.05, 3.63) is 61.5 Å². The van der Waals surface area contributed by atoms with Gasteiger partial charge in [0.05, 0.1) is 4.92 Å². The normalized spacial score (nSPS) is 11.0. The van der Waals surface area contributed by atoms with E-state index >= 15 is 0 Å². The number of aryl methyl sites for hydroxylation is 1. The Kier molecular flexibility index (Phi) is 2.91. The molecule has 3 aromatic rings. The first-order valence-electron chi connectivity index (χ1n) is 6.30. The lowest BCUT2D eigenvalue weighted by Gasteiger charge is -2.07. The lowest BCUT2D eigenvalue weighted by Crippen LogP contribution is -2.37. The van der Waals surface area contributed by atoms with Crippen molar-refractivity contribution in [3.8, 4) is 5.69 Å². The zero-order valence-electron chi connectivity index (χ0n) is 11.8. The van der Waals surface area contributed by atoms with Gasteiger partial charge in [-0.25, -0.2) is 9.78 Å². The van der Waals surface area contributed by atoms with Gasteiger partial charge >= 0.3 is 5.69 Å². The maximum atomic E-state index is 12.4. The van der Waals surface area contributed by atoms with Crippen LogP contribution in [0.1, 0.15) is 0 Å². The summed E-state index contributed by atoms with van der Waals surface area (Å²) >= 11 is 0. The molecule has 0 bridgehead atoms. The number of imidazole rings is 1. The van der Waals surface area contributed by atoms with E-state index in [9.17, 15) is 19.7 Å². The summed E-state index contributed by atoms with van der Waals surface area (Å²) in [6.07, 6.45) is 1.30. The molecule has 0 amide bonds. The Bertz CT molecular complexity index is 1030. The van der Waals surface area contributed by atoms with Gasteiger partial charge in [-0.1, -0.05) is 12.1 Å². The van der Waals surface area contributed by atoms with E-state index in [1.54, 1.807) is 6.07 Å². The number of benzene rings is 1. The van der Waals surface area contributed by atoms with Crippen LogP contribution in [-0.2, 0) is 14.1 Å². The molecule has 0 aliphatic heterocycles. The van der Waals surface area contributed by atoms with Gasteiger partial charge in [0.1, 0.15) is 12.0 Å². The standard InChI is InChI=1S/C13H11N5O4/c1-15-11-10(12(19)16(2)13(15)20)17(7-14-11)8-5-3-4-6-9(8)18(21)22/h3-7H,1-2H3. The van der Waals surface area contributed by atoms with Gasteiger partial charge < -0.3 is 0 Å². The van der Waals surface area contributed by atoms with Gasteiger partial charge in [0, 0.05) is 20.2 Å². The van der Waals surface area contributed by atoms with E-state index < -0.39 is 16.2 Å². The molecule has 0 N–H and O–H groups in total. The Hall–Kier alpha value is -3.23. The quantitative estimate of drug-likeness (QED) is 0.501. The molecule has 2 heterocycles. The van der Waals surface area contributed by atoms with Crippen LogP contribution in [0.4, 0.5) is 5.69 Å². The van der Waals surface area contributed by atoms with Gasteiger partial charge in [0.25, 0.3) is 11.2 Å². The number of hydrogen-bond donors (Lipinski definition) is 0. The van der Waals surface area contributed by atoms with Crippen molar-refractivity contribution in [1.82, 2.24) is 18.7 Å². The van der Waals surface area contributed by atoms with Crippen LogP contribution in [0.3, 0.4) is 0 Å². The lowest BCUT2D eigenvalue weighted by atomic mass is 10.2. The average molecular weight is 301 g/mol. The Balaban J connectivity index is 2.48. The summed E-state index contributed by atoms with van der Waals surface area (Å²) in [5.41, 5.74) is -0.729. The maximum absolute atomic E-state index is 12.4. The third-order valence-corrected chi connectivity index (χ3v) is 3.48.